The fraction of sp³-hybridized carbons (Fsp3) is 0.435. The predicted octanol–water partition coefficient (Wildman–Crippen LogP) is 4.48. The van der Waals surface area contributed by atoms with Gasteiger partial charge in [0.15, 0.2) is 0 Å². The lowest BCUT2D eigenvalue weighted by Crippen LogP contribution is -2.41. The van der Waals surface area contributed by atoms with Crippen molar-refractivity contribution in [3.8, 4) is 5.75 Å². The first kappa shape index (κ1) is 20.3. The van der Waals surface area contributed by atoms with Gasteiger partial charge in [-0.05, 0) is 68.0 Å². The molecule has 0 heterocycles. The van der Waals surface area contributed by atoms with E-state index in [1.165, 1.54) is 30.5 Å². The molecule has 3 rings (SSSR count). The third-order valence-electron chi connectivity index (χ3n) is 5.52. The maximum Gasteiger partial charge on any atom is 0.237 e. The number of rotatable bonds is 9. The van der Waals surface area contributed by atoms with E-state index in [2.05, 4.69) is 17.4 Å². The summed E-state index contributed by atoms with van der Waals surface area (Å²) in [5, 5.41) is 3.47. The highest BCUT2D eigenvalue weighted by Gasteiger charge is 2.33. The largest absolute Gasteiger partial charge is 0.497 e. The predicted molar refractivity (Wildman–Crippen MR) is 109 cm³/mol. The van der Waals surface area contributed by atoms with E-state index >= 15 is 0 Å². The summed E-state index contributed by atoms with van der Waals surface area (Å²) in [6.07, 6.45) is 2.36. The van der Waals surface area contributed by atoms with Crippen LogP contribution in [0.5, 0.6) is 5.75 Å². The quantitative estimate of drug-likeness (QED) is 0.693. The molecular formula is C23H29FN2O2. The van der Waals surface area contributed by atoms with Crippen molar-refractivity contribution in [3.05, 3.63) is 65.5 Å². The summed E-state index contributed by atoms with van der Waals surface area (Å²) in [6, 6.07) is 14.5. The number of carbonyl (C=O) groups is 1. The molecule has 5 heteroatoms. The van der Waals surface area contributed by atoms with E-state index in [0.717, 1.165) is 11.3 Å². The fourth-order valence-electron chi connectivity index (χ4n) is 3.68. The van der Waals surface area contributed by atoms with Crippen LogP contribution in [0.25, 0.3) is 0 Å². The Balaban J connectivity index is 1.64. The maximum absolute atomic E-state index is 13.2. The average molecular weight is 384 g/mol. The lowest BCUT2D eigenvalue weighted by Gasteiger charge is -2.29. The average Bonchev–Trinajstić information content (AvgIpc) is 3.55. The van der Waals surface area contributed by atoms with Gasteiger partial charge in [-0.2, -0.15) is 0 Å². The zero-order valence-electron chi connectivity index (χ0n) is 16.8. The Kier molecular flexibility index (Phi) is 6.68. The van der Waals surface area contributed by atoms with Gasteiger partial charge in [0.2, 0.25) is 5.91 Å². The van der Waals surface area contributed by atoms with Crippen molar-refractivity contribution in [2.75, 3.05) is 20.2 Å². The van der Waals surface area contributed by atoms with Gasteiger partial charge in [-0.15, -0.1) is 0 Å². The van der Waals surface area contributed by atoms with Crippen LogP contribution in [-0.4, -0.2) is 31.0 Å². The van der Waals surface area contributed by atoms with E-state index in [-0.39, 0.29) is 30.4 Å². The minimum atomic E-state index is -0.265. The number of methoxy groups -OCH3 is 1. The molecule has 1 amide bonds. The van der Waals surface area contributed by atoms with Crippen molar-refractivity contribution < 1.29 is 13.9 Å². The third-order valence-corrected chi connectivity index (χ3v) is 5.52. The van der Waals surface area contributed by atoms with Crippen LogP contribution >= 0.6 is 0 Å². The summed E-state index contributed by atoms with van der Waals surface area (Å²) in [4.78, 5) is 14.7. The molecule has 4 nitrogen and oxygen atoms in total. The molecule has 2 aromatic carbocycles. The Bertz CT molecular complexity index is 772. The lowest BCUT2D eigenvalue weighted by atomic mass is 10.0. The molecule has 0 aromatic heterocycles. The molecule has 28 heavy (non-hydrogen) atoms. The van der Waals surface area contributed by atoms with E-state index in [4.69, 9.17) is 4.74 Å². The first-order chi connectivity index (χ1) is 13.5. The molecule has 2 aromatic rings. The van der Waals surface area contributed by atoms with Gasteiger partial charge in [0.25, 0.3) is 0 Å². The van der Waals surface area contributed by atoms with Crippen LogP contribution in [0.4, 0.5) is 4.39 Å². The molecule has 1 saturated carbocycles. The molecule has 1 fully saturated rings. The number of amides is 1. The van der Waals surface area contributed by atoms with Gasteiger partial charge in [0, 0.05) is 12.6 Å². The Hall–Kier alpha value is -2.40. The fourth-order valence-corrected chi connectivity index (χ4v) is 3.68. The van der Waals surface area contributed by atoms with E-state index < -0.39 is 0 Å². The summed E-state index contributed by atoms with van der Waals surface area (Å²) in [6.45, 7) is 4.85. The van der Waals surface area contributed by atoms with Gasteiger partial charge in [-0.1, -0.05) is 24.3 Å². The number of hydrogen-bond acceptors (Lipinski definition) is 3. The molecule has 0 saturated heterocycles. The van der Waals surface area contributed by atoms with E-state index in [1.54, 1.807) is 19.2 Å². The highest BCUT2D eigenvalue weighted by atomic mass is 19.1. The van der Waals surface area contributed by atoms with Gasteiger partial charge in [0.1, 0.15) is 11.6 Å². The number of carbonyl (C=O) groups excluding carboxylic acids is 1. The Morgan fingerprint density at radius 2 is 1.75 bits per heavy atom. The molecule has 2 unspecified atom stereocenters. The molecule has 1 N–H and O–H groups in total. The topological polar surface area (TPSA) is 41.6 Å². The van der Waals surface area contributed by atoms with Crippen LogP contribution in [0, 0.1) is 11.7 Å². The minimum Gasteiger partial charge on any atom is -0.497 e. The minimum absolute atomic E-state index is 0.0542. The zero-order valence-corrected chi connectivity index (χ0v) is 16.8. The molecule has 1 aliphatic rings. The Labute approximate surface area is 166 Å². The molecule has 150 valence electrons. The van der Waals surface area contributed by atoms with Crippen molar-refractivity contribution in [1.82, 2.24) is 10.2 Å². The van der Waals surface area contributed by atoms with Gasteiger partial charge in [-0.25, -0.2) is 4.39 Å². The number of halogens is 1. The Morgan fingerprint density at radius 3 is 2.29 bits per heavy atom. The number of ether oxygens (including phenoxy) is 1. The van der Waals surface area contributed by atoms with Crippen LogP contribution in [0.3, 0.4) is 0 Å². The summed E-state index contributed by atoms with van der Waals surface area (Å²) >= 11 is 0. The van der Waals surface area contributed by atoms with E-state index in [0.29, 0.717) is 12.5 Å². The lowest BCUT2D eigenvalue weighted by molar-refractivity contribution is -0.132. The van der Waals surface area contributed by atoms with Gasteiger partial charge in [0.05, 0.1) is 19.7 Å². The van der Waals surface area contributed by atoms with Crippen LogP contribution < -0.4 is 10.1 Å². The van der Waals surface area contributed by atoms with Gasteiger partial charge in [-0.3, -0.25) is 4.79 Å². The summed E-state index contributed by atoms with van der Waals surface area (Å²) in [5.41, 5.74) is 2.12. The standard InChI is InChI=1S/C23H29FN2O2/c1-4-26(16(2)17-7-11-20(24)12-8-17)22(27)15-25-23(18-5-6-18)19-9-13-21(28-3)14-10-19/h7-14,16,18,23,25H,4-6,15H2,1-3H3. The van der Waals surface area contributed by atoms with E-state index in [9.17, 15) is 9.18 Å². The second-order valence-corrected chi connectivity index (χ2v) is 7.38. The van der Waals surface area contributed by atoms with Crippen molar-refractivity contribution in [1.29, 1.82) is 0 Å². The van der Waals surface area contributed by atoms with Crippen LogP contribution in [-0.2, 0) is 4.79 Å². The van der Waals surface area contributed by atoms with Crippen molar-refractivity contribution >= 4 is 5.91 Å². The van der Waals surface area contributed by atoms with Crippen molar-refractivity contribution in [3.63, 3.8) is 0 Å². The molecule has 0 spiro atoms. The van der Waals surface area contributed by atoms with E-state index in [1.807, 2.05) is 30.9 Å². The number of nitrogens with one attached hydrogen (secondary N) is 1. The molecule has 0 radical (unpaired) electrons. The first-order valence-electron chi connectivity index (χ1n) is 9.95. The number of hydrogen-bond donors (Lipinski definition) is 1. The number of benzene rings is 2. The SMILES string of the molecule is CCN(C(=O)CNC(c1ccc(OC)cc1)C1CC1)C(C)c1ccc(F)cc1. The van der Waals surface area contributed by atoms with Crippen LogP contribution in [0.2, 0.25) is 0 Å². The molecule has 1 aliphatic carbocycles. The molecule has 0 bridgehead atoms. The first-order valence-corrected chi connectivity index (χ1v) is 9.95. The second kappa shape index (κ2) is 9.20. The zero-order chi connectivity index (χ0) is 20.1. The van der Waals surface area contributed by atoms with Gasteiger partial charge < -0.3 is 15.0 Å². The second-order valence-electron chi connectivity index (χ2n) is 7.38. The third kappa shape index (κ3) is 4.90. The molecule has 2 atom stereocenters. The number of likely N-dealkylation sites (N-methyl/N-ethyl adjacent to an activating group) is 1. The number of nitrogens with zero attached hydrogens (tertiary/aromatic N) is 1. The smallest absolute Gasteiger partial charge is 0.237 e. The summed E-state index contributed by atoms with van der Waals surface area (Å²) in [7, 11) is 1.66. The summed E-state index contributed by atoms with van der Waals surface area (Å²) in [5.74, 6) is 1.20. The van der Waals surface area contributed by atoms with Crippen LogP contribution in [0.1, 0.15) is 49.9 Å². The van der Waals surface area contributed by atoms with Crippen LogP contribution in [0.15, 0.2) is 48.5 Å². The summed E-state index contributed by atoms with van der Waals surface area (Å²) < 4.78 is 18.4. The highest BCUT2D eigenvalue weighted by Crippen LogP contribution is 2.41. The monoisotopic (exact) mass is 384 g/mol. The van der Waals surface area contributed by atoms with Gasteiger partial charge >= 0.3 is 0 Å². The highest BCUT2D eigenvalue weighted by molar-refractivity contribution is 5.78. The van der Waals surface area contributed by atoms with Crippen molar-refractivity contribution in [2.45, 2.75) is 38.8 Å². The molecule has 0 aliphatic heterocycles. The Morgan fingerprint density at radius 1 is 1.14 bits per heavy atom. The molecular weight excluding hydrogens is 355 g/mol. The maximum atomic E-state index is 13.2. The van der Waals surface area contributed by atoms with Crippen molar-refractivity contribution in [2.24, 2.45) is 5.92 Å². The normalized spacial score (nSPS) is 15.7.